The van der Waals surface area contributed by atoms with E-state index in [9.17, 15) is 14.4 Å². The third-order valence-electron chi connectivity index (χ3n) is 8.38. The Morgan fingerprint density at radius 2 is 1.88 bits per heavy atom. The molecule has 1 saturated heterocycles. The number of nitrogens with one attached hydrogen (secondary N) is 1. The van der Waals surface area contributed by atoms with Crippen LogP contribution in [0.5, 0.6) is 0 Å². The van der Waals surface area contributed by atoms with Gasteiger partial charge in [-0.05, 0) is 77.4 Å². The number of rotatable bonds is 6. The van der Waals surface area contributed by atoms with Crippen molar-refractivity contribution < 1.29 is 19.1 Å². The van der Waals surface area contributed by atoms with Crippen molar-refractivity contribution in [3.05, 3.63) is 76.6 Å². The van der Waals surface area contributed by atoms with E-state index >= 15 is 0 Å². The molecule has 2 aliphatic rings. The van der Waals surface area contributed by atoms with Crippen LogP contribution in [0, 0.1) is 19.3 Å². The van der Waals surface area contributed by atoms with E-state index in [0.29, 0.717) is 33.6 Å². The van der Waals surface area contributed by atoms with E-state index in [1.54, 1.807) is 36.4 Å². The maximum absolute atomic E-state index is 14.1. The number of ether oxygens (including phenoxy) is 1. The Morgan fingerprint density at radius 3 is 2.58 bits per heavy atom. The molecule has 0 radical (unpaired) electrons. The lowest BCUT2D eigenvalue weighted by atomic mass is 9.63. The van der Waals surface area contributed by atoms with Crippen molar-refractivity contribution in [2.45, 2.75) is 52.2 Å². The molecular formula is C31H30BrN7O4. The first-order chi connectivity index (χ1) is 20.5. The molecule has 3 atom stereocenters. The summed E-state index contributed by atoms with van der Waals surface area (Å²) >= 11 is 3.36. The van der Waals surface area contributed by atoms with Gasteiger partial charge >= 0.3 is 5.97 Å². The first-order valence-corrected chi connectivity index (χ1v) is 14.6. The normalized spacial score (nSPS) is 21.0. The summed E-state index contributed by atoms with van der Waals surface area (Å²) in [6.45, 7) is 9.75. The second kappa shape index (κ2) is 10.7. The zero-order chi connectivity index (χ0) is 30.6. The van der Waals surface area contributed by atoms with E-state index in [4.69, 9.17) is 4.74 Å². The van der Waals surface area contributed by atoms with Crippen LogP contribution in [0.15, 0.2) is 59.5 Å². The maximum atomic E-state index is 14.1. The summed E-state index contributed by atoms with van der Waals surface area (Å²) in [5.41, 5.74) is 3.69. The molecule has 2 amide bonds. The molecule has 43 heavy (non-hydrogen) atoms. The number of hydrogen-bond donors (Lipinski definition) is 1. The number of amides is 2. The summed E-state index contributed by atoms with van der Waals surface area (Å²) in [5, 5.41) is 7.96. The molecule has 220 valence electrons. The molecule has 12 heteroatoms. The van der Waals surface area contributed by atoms with E-state index in [-0.39, 0.29) is 35.5 Å². The van der Waals surface area contributed by atoms with Gasteiger partial charge in [0.25, 0.3) is 0 Å². The van der Waals surface area contributed by atoms with Crippen LogP contribution in [0.25, 0.3) is 22.0 Å². The minimum absolute atomic E-state index is 0.0880. The number of anilines is 1. The van der Waals surface area contributed by atoms with Gasteiger partial charge in [0.15, 0.2) is 5.69 Å². The fourth-order valence-corrected chi connectivity index (χ4v) is 6.67. The predicted octanol–water partition coefficient (Wildman–Crippen LogP) is 4.63. The summed E-state index contributed by atoms with van der Waals surface area (Å²) in [7, 11) is 1.29. The smallest absolute Gasteiger partial charge is 0.359 e. The number of carbonyl (C=O) groups excluding carboxylic acids is 3. The highest BCUT2D eigenvalue weighted by atomic mass is 79.9. The highest BCUT2D eigenvalue weighted by Gasteiger charge is 2.60. The molecule has 0 spiro atoms. The Balaban J connectivity index is 1.34. The number of methoxy groups -OCH3 is 1. The lowest BCUT2D eigenvalue weighted by Crippen LogP contribution is -2.54. The van der Waals surface area contributed by atoms with E-state index < -0.39 is 12.0 Å². The summed E-state index contributed by atoms with van der Waals surface area (Å²) in [6, 6.07) is 8.14. The van der Waals surface area contributed by atoms with Crippen molar-refractivity contribution in [1.82, 2.24) is 29.6 Å². The maximum Gasteiger partial charge on any atom is 0.359 e. The molecule has 3 aromatic heterocycles. The van der Waals surface area contributed by atoms with Crippen LogP contribution in [0.1, 0.15) is 41.6 Å². The van der Waals surface area contributed by atoms with Gasteiger partial charge in [-0.25, -0.2) is 19.7 Å². The fourth-order valence-electron chi connectivity index (χ4n) is 6.36. The largest absolute Gasteiger partial charge is 0.464 e. The molecule has 4 aromatic rings. The van der Waals surface area contributed by atoms with Gasteiger partial charge in [0.2, 0.25) is 11.8 Å². The minimum atomic E-state index is -0.725. The molecular weight excluding hydrogens is 614 g/mol. The number of pyridine rings is 1. The molecule has 11 nitrogen and oxygen atoms in total. The number of aryl methyl sites for hydroxylation is 2. The molecule has 1 aliphatic heterocycles. The Kier molecular flexibility index (Phi) is 7.11. The van der Waals surface area contributed by atoms with E-state index in [2.05, 4.69) is 54.8 Å². The van der Waals surface area contributed by atoms with Gasteiger partial charge in [0.05, 0.1) is 18.7 Å². The van der Waals surface area contributed by atoms with Crippen LogP contribution < -0.4 is 5.32 Å². The van der Waals surface area contributed by atoms with Crippen LogP contribution in [0.3, 0.4) is 0 Å². The lowest BCUT2D eigenvalue weighted by Gasteiger charge is -2.47. The topological polar surface area (TPSA) is 132 Å². The molecule has 1 aliphatic carbocycles. The van der Waals surface area contributed by atoms with Crippen molar-refractivity contribution in [3.8, 4) is 11.1 Å². The Hall–Kier alpha value is -4.45. The number of fused-ring (bicyclic) bond motifs is 2. The van der Waals surface area contributed by atoms with Crippen molar-refractivity contribution in [2.24, 2.45) is 5.41 Å². The average molecular weight is 645 g/mol. The minimum Gasteiger partial charge on any atom is -0.464 e. The number of nitrogens with zero attached hydrogens (tertiary/aromatic N) is 6. The molecule has 0 unspecified atom stereocenters. The van der Waals surface area contributed by atoms with Crippen molar-refractivity contribution in [1.29, 1.82) is 0 Å². The first kappa shape index (κ1) is 28.7. The third-order valence-corrected chi connectivity index (χ3v) is 8.82. The Morgan fingerprint density at radius 1 is 1.14 bits per heavy atom. The molecule has 0 bridgehead atoms. The summed E-state index contributed by atoms with van der Waals surface area (Å²) in [6.07, 6.45) is 4.65. The van der Waals surface area contributed by atoms with Gasteiger partial charge in [0.1, 0.15) is 28.8 Å². The van der Waals surface area contributed by atoms with Gasteiger partial charge in [-0.15, -0.1) is 0 Å². The monoisotopic (exact) mass is 643 g/mol. The van der Waals surface area contributed by atoms with E-state index in [0.717, 1.165) is 28.7 Å². The molecule has 1 saturated carbocycles. The second-order valence-electron chi connectivity index (χ2n) is 11.4. The second-order valence-corrected chi connectivity index (χ2v) is 12.3. The number of hydrogen-bond acceptors (Lipinski definition) is 8. The molecule has 6 rings (SSSR count). The van der Waals surface area contributed by atoms with E-state index in [1.807, 2.05) is 25.1 Å². The molecule has 2 fully saturated rings. The van der Waals surface area contributed by atoms with Gasteiger partial charge in [-0.1, -0.05) is 31.2 Å². The number of halogens is 1. The quantitative estimate of drug-likeness (QED) is 0.183. The Labute approximate surface area is 256 Å². The van der Waals surface area contributed by atoms with Gasteiger partial charge in [-0.3, -0.25) is 14.3 Å². The Bertz CT molecular complexity index is 1820. The lowest BCUT2D eigenvalue weighted by molar-refractivity contribution is -0.139. The van der Waals surface area contributed by atoms with Gasteiger partial charge < -0.3 is 15.0 Å². The van der Waals surface area contributed by atoms with Crippen molar-refractivity contribution in [2.75, 3.05) is 12.4 Å². The average Bonchev–Trinajstić information content (AvgIpc) is 3.46. The third kappa shape index (κ3) is 4.99. The van der Waals surface area contributed by atoms with Gasteiger partial charge in [0, 0.05) is 23.3 Å². The summed E-state index contributed by atoms with van der Waals surface area (Å²) in [4.78, 5) is 55.1. The number of carbonyl (C=O) groups is 3. The van der Waals surface area contributed by atoms with Crippen LogP contribution in [-0.4, -0.2) is 66.6 Å². The highest BCUT2D eigenvalue weighted by molar-refractivity contribution is 9.10. The summed E-state index contributed by atoms with van der Waals surface area (Å²) < 4.78 is 7.09. The molecule has 4 heterocycles. The number of esters is 1. The van der Waals surface area contributed by atoms with Gasteiger partial charge in [-0.2, -0.15) is 5.10 Å². The number of benzene rings is 1. The number of likely N-dealkylation sites (tertiary alicyclic amines) is 1. The summed E-state index contributed by atoms with van der Waals surface area (Å²) in [5.74, 6) is -0.149. The van der Waals surface area contributed by atoms with Crippen molar-refractivity contribution >= 4 is 50.4 Å². The molecule has 1 aromatic carbocycles. The molecule has 1 N–H and O–H groups in total. The highest BCUT2D eigenvalue weighted by Crippen LogP contribution is 2.56. The zero-order valence-corrected chi connectivity index (χ0v) is 25.8. The van der Waals surface area contributed by atoms with Crippen LogP contribution in [0.4, 0.5) is 5.82 Å². The predicted molar refractivity (Wildman–Crippen MR) is 163 cm³/mol. The first-order valence-electron chi connectivity index (χ1n) is 13.8. The van der Waals surface area contributed by atoms with Crippen LogP contribution >= 0.6 is 15.9 Å². The van der Waals surface area contributed by atoms with Crippen LogP contribution in [0.2, 0.25) is 0 Å². The standard InChI is InChI=1S/C31H30BrN7O4/c1-16-6-9-24(32)35-28(16)36-29(41)23-12-31(4)11-17(2)27(31)39(23)25(40)15-38-22-8-7-19(20-13-33-18(3)34-14-20)10-21(22)26(37-38)30(42)43-5/h6-10,13-14,23,27H,2,11-12,15H2,1,3-5H3,(H,35,36,41)/t23-,27+,31+/m0/s1. The SMILES string of the molecule is C=C1C[C@]2(C)C[C@@H](C(=O)Nc3nc(Br)ccc3C)N(C(=O)Cn3nc(C(=O)OC)c4cc(-c5cnc(C)nc5)ccc43)[C@H]12. The van der Waals surface area contributed by atoms with E-state index in [1.165, 1.54) is 11.8 Å². The van der Waals surface area contributed by atoms with Crippen molar-refractivity contribution in [3.63, 3.8) is 0 Å². The number of aromatic nitrogens is 5. The zero-order valence-electron chi connectivity index (χ0n) is 24.2. The van der Waals surface area contributed by atoms with Crippen LogP contribution in [-0.2, 0) is 20.9 Å². The fraction of sp³-hybridized carbons (Fsp3) is 0.323.